The molecule has 2 aromatic heterocycles. The fraction of sp³-hybridized carbons (Fsp3) is 0.343. The second-order valence-electron chi connectivity index (χ2n) is 12.2. The number of nitrogens with zero attached hydrogens (tertiary/aromatic N) is 3. The molecule has 0 spiro atoms. The molecule has 10 heteroatoms. The van der Waals surface area contributed by atoms with Gasteiger partial charge in [-0.05, 0) is 74.1 Å². The fourth-order valence-corrected chi connectivity index (χ4v) is 6.68. The molecule has 1 aliphatic rings. The Morgan fingerprint density at radius 2 is 1.56 bits per heavy atom. The number of rotatable bonds is 6. The van der Waals surface area contributed by atoms with E-state index in [1.807, 2.05) is 54.7 Å². The van der Waals surface area contributed by atoms with Crippen LogP contribution in [-0.2, 0) is 43.8 Å². The minimum absolute atomic E-state index is 0.199. The van der Waals surface area contributed by atoms with E-state index < -0.39 is 29.0 Å². The van der Waals surface area contributed by atoms with Crippen LogP contribution in [0, 0.1) is 6.92 Å². The quantitative estimate of drug-likeness (QED) is 0.191. The molecule has 1 aliphatic heterocycles. The van der Waals surface area contributed by atoms with Gasteiger partial charge in [-0.1, -0.05) is 50.2 Å². The van der Waals surface area contributed by atoms with Crippen molar-refractivity contribution in [1.29, 1.82) is 0 Å². The van der Waals surface area contributed by atoms with E-state index in [2.05, 4.69) is 37.0 Å². The molecule has 0 radical (unpaired) electrons. The van der Waals surface area contributed by atoms with Gasteiger partial charge in [0.1, 0.15) is 0 Å². The van der Waals surface area contributed by atoms with Gasteiger partial charge in [-0.25, -0.2) is 4.68 Å². The molecule has 0 fully saturated rings. The minimum Gasteiger partial charge on any atom is -0.361 e. The van der Waals surface area contributed by atoms with Crippen molar-refractivity contribution in [3.8, 4) is 16.9 Å². The third kappa shape index (κ3) is 5.13. The molecule has 0 amide bonds. The zero-order chi connectivity index (χ0) is 32.5. The van der Waals surface area contributed by atoms with Crippen molar-refractivity contribution in [2.75, 3.05) is 0 Å². The first kappa shape index (κ1) is 31.0. The highest BCUT2D eigenvalue weighted by atomic mass is 19.4. The Labute approximate surface area is 257 Å². The Bertz CT molecular complexity index is 1890. The number of alkyl halides is 6. The molecule has 236 valence electrons. The lowest BCUT2D eigenvalue weighted by atomic mass is 9.96. The second kappa shape index (κ2) is 10.8. The molecule has 45 heavy (non-hydrogen) atoms. The van der Waals surface area contributed by atoms with Crippen LogP contribution in [-0.4, -0.2) is 19.7 Å². The van der Waals surface area contributed by atoms with Gasteiger partial charge < -0.3 is 4.98 Å². The largest absolute Gasteiger partial charge is 0.416 e. The smallest absolute Gasteiger partial charge is 0.361 e. The predicted molar refractivity (Wildman–Crippen MR) is 163 cm³/mol. The molecule has 3 heterocycles. The molecule has 0 aliphatic carbocycles. The summed E-state index contributed by atoms with van der Waals surface area (Å²) in [7, 11) is 0. The highest BCUT2D eigenvalue weighted by Gasteiger charge is 2.45. The summed E-state index contributed by atoms with van der Waals surface area (Å²) in [4.78, 5) is 5.20. The number of aromatic amines is 1. The Kier molecular flexibility index (Phi) is 7.42. The Morgan fingerprint density at radius 3 is 2.18 bits per heavy atom. The number of halogens is 6. The van der Waals surface area contributed by atoms with Crippen LogP contribution in [0.4, 0.5) is 26.3 Å². The van der Waals surface area contributed by atoms with Gasteiger partial charge in [-0.3, -0.25) is 4.90 Å². The number of benzene rings is 3. The summed E-state index contributed by atoms with van der Waals surface area (Å²) >= 11 is 0. The molecule has 4 nitrogen and oxygen atoms in total. The van der Waals surface area contributed by atoms with E-state index in [-0.39, 0.29) is 24.7 Å². The lowest BCUT2D eigenvalue weighted by Crippen LogP contribution is -2.36. The first-order chi connectivity index (χ1) is 21.2. The number of H-pyrrole nitrogens is 1. The topological polar surface area (TPSA) is 36.9 Å². The van der Waals surface area contributed by atoms with Crippen LogP contribution in [0.3, 0.4) is 0 Å². The number of hydrogen-bond acceptors (Lipinski definition) is 2. The number of hydrogen-bond donors (Lipinski definition) is 1. The van der Waals surface area contributed by atoms with Crippen molar-refractivity contribution in [2.24, 2.45) is 0 Å². The average Bonchev–Trinajstić information content (AvgIpc) is 3.67. The third-order valence-corrected chi connectivity index (χ3v) is 9.17. The SMILES string of the molecule is CCc1cccc(CC)c1-n1nc2c(c1-c1ccc(C)c3[nH]ccc13)CN(Cc1ccc(C(F)(F)F)cc1C(F)(F)F)C2(C)C. The summed E-state index contributed by atoms with van der Waals surface area (Å²) in [6.07, 6.45) is -6.38. The summed E-state index contributed by atoms with van der Waals surface area (Å²) in [5, 5.41) is 6.23. The van der Waals surface area contributed by atoms with Gasteiger partial charge in [0.25, 0.3) is 0 Å². The van der Waals surface area contributed by atoms with Crippen LogP contribution < -0.4 is 0 Å². The number of fused-ring (bicyclic) bond motifs is 2. The summed E-state index contributed by atoms with van der Waals surface area (Å²) in [5.74, 6) is 0. The van der Waals surface area contributed by atoms with E-state index in [0.717, 1.165) is 80.8 Å². The lowest BCUT2D eigenvalue weighted by Gasteiger charge is -2.33. The first-order valence-corrected chi connectivity index (χ1v) is 15.0. The van der Waals surface area contributed by atoms with Gasteiger partial charge >= 0.3 is 12.4 Å². The van der Waals surface area contributed by atoms with Gasteiger partial charge in [0, 0.05) is 41.3 Å². The number of aryl methyl sites for hydroxylation is 3. The summed E-state index contributed by atoms with van der Waals surface area (Å²) in [5.41, 5.74) is 5.12. The maximum atomic E-state index is 14.1. The van der Waals surface area contributed by atoms with Gasteiger partial charge in [0.05, 0.1) is 33.7 Å². The molecule has 0 bridgehead atoms. The molecule has 1 N–H and O–H groups in total. The third-order valence-electron chi connectivity index (χ3n) is 9.17. The molecule has 0 saturated carbocycles. The van der Waals surface area contributed by atoms with Crippen molar-refractivity contribution in [3.63, 3.8) is 0 Å². The number of aromatic nitrogens is 3. The number of para-hydroxylation sites is 1. The standard InChI is InChI=1S/C35H34F6N4/c1-6-21-9-8-10-22(7-2)30(21)45-31(26-14-11-20(3)29-25(26)15-16-42-29)27-19-44(33(4,5)32(27)43-45)18-23-12-13-24(34(36,37)38)17-28(23)35(39,40)41/h8-17,42H,6-7,18-19H2,1-5H3. The maximum Gasteiger partial charge on any atom is 0.416 e. The van der Waals surface area contributed by atoms with E-state index in [1.54, 1.807) is 0 Å². The minimum atomic E-state index is -4.95. The molecule has 6 rings (SSSR count). The Morgan fingerprint density at radius 1 is 0.867 bits per heavy atom. The molecular formula is C35H34F6N4. The Hall–Kier alpha value is -4.05. The van der Waals surface area contributed by atoms with E-state index >= 15 is 0 Å². The molecular weight excluding hydrogens is 590 g/mol. The molecule has 0 atom stereocenters. The van der Waals surface area contributed by atoms with Crippen LogP contribution in [0.25, 0.3) is 27.8 Å². The van der Waals surface area contributed by atoms with Crippen LogP contribution >= 0.6 is 0 Å². The number of nitrogens with one attached hydrogen (secondary N) is 1. The monoisotopic (exact) mass is 624 g/mol. The maximum absolute atomic E-state index is 14.1. The second-order valence-corrected chi connectivity index (χ2v) is 12.2. The fourth-order valence-electron chi connectivity index (χ4n) is 6.68. The van der Waals surface area contributed by atoms with E-state index in [4.69, 9.17) is 5.10 Å². The van der Waals surface area contributed by atoms with Crippen LogP contribution in [0.2, 0.25) is 0 Å². The van der Waals surface area contributed by atoms with Gasteiger partial charge in [-0.2, -0.15) is 31.4 Å². The normalized spacial score (nSPS) is 15.3. The summed E-state index contributed by atoms with van der Waals surface area (Å²) in [6, 6.07) is 14.2. The first-order valence-electron chi connectivity index (χ1n) is 15.0. The van der Waals surface area contributed by atoms with Crippen molar-refractivity contribution in [2.45, 2.75) is 78.4 Å². The van der Waals surface area contributed by atoms with Gasteiger partial charge in [0.15, 0.2) is 0 Å². The average molecular weight is 625 g/mol. The molecule has 0 saturated heterocycles. The van der Waals surface area contributed by atoms with Crippen LogP contribution in [0.1, 0.15) is 72.3 Å². The highest BCUT2D eigenvalue weighted by Crippen LogP contribution is 2.47. The predicted octanol–water partition coefficient (Wildman–Crippen LogP) is 9.74. The van der Waals surface area contributed by atoms with Gasteiger partial charge in [-0.15, -0.1) is 0 Å². The van der Waals surface area contributed by atoms with Crippen LogP contribution in [0.5, 0.6) is 0 Å². The highest BCUT2D eigenvalue weighted by molar-refractivity contribution is 5.97. The zero-order valence-corrected chi connectivity index (χ0v) is 25.7. The van der Waals surface area contributed by atoms with Gasteiger partial charge in [0.2, 0.25) is 0 Å². The van der Waals surface area contributed by atoms with E-state index in [9.17, 15) is 26.3 Å². The summed E-state index contributed by atoms with van der Waals surface area (Å²) < 4.78 is 84.4. The van der Waals surface area contributed by atoms with Crippen LogP contribution in [0.15, 0.2) is 60.8 Å². The Balaban J connectivity index is 1.54. The molecule has 3 aromatic carbocycles. The van der Waals surface area contributed by atoms with Crippen molar-refractivity contribution >= 4 is 10.9 Å². The van der Waals surface area contributed by atoms with Crippen molar-refractivity contribution < 1.29 is 26.3 Å². The summed E-state index contributed by atoms with van der Waals surface area (Å²) in [6.45, 7) is 10.1. The van der Waals surface area contributed by atoms with E-state index in [1.165, 1.54) is 0 Å². The zero-order valence-electron chi connectivity index (χ0n) is 25.7. The molecule has 5 aromatic rings. The molecule has 0 unspecified atom stereocenters. The van der Waals surface area contributed by atoms with E-state index in [0.29, 0.717) is 0 Å². The lowest BCUT2D eigenvalue weighted by molar-refractivity contribution is -0.143. The van der Waals surface area contributed by atoms with Crippen molar-refractivity contribution in [1.82, 2.24) is 19.7 Å². The van der Waals surface area contributed by atoms with Crippen molar-refractivity contribution in [3.05, 3.63) is 105 Å².